The smallest absolute Gasteiger partial charge is 0.00206 e. The zero-order chi connectivity index (χ0) is 28.3. The van der Waals surface area contributed by atoms with Gasteiger partial charge in [-0.15, -0.1) is 0 Å². The largest absolute Gasteiger partial charge is 0.0656 e. The minimum atomic E-state index is 1.25. The summed E-state index contributed by atoms with van der Waals surface area (Å²) >= 11 is 0. The van der Waals surface area contributed by atoms with E-state index >= 15 is 0 Å². The van der Waals surface area contributed by atoms with E-state index in [0.717, 1.165) is 0 Å². The number of benzene rings is 7. The second-order valence-electron chi connectivity index (χ2n) is 10.4. The Labute approximate surface area is 240 Å². The predicted octanol–water partition coefficient (Wildman–Crippen LogP) is 12.0. The molecule has 40 heavy (non-hydrogen) atoms. The molecule has 0 bridgehead atoms. The van der Waals surface area contributed by atoms with Crippen LogP contribution in [0.4, 0.5) is 0 Å². The number of hydrogen-bond donors (Lipinski definition) is 0. The molecule has 0 unspecified atom stereocenters. The van der Waals surface area contributed by atoms with Crippen molar-refractivity contribution in [3.05, 3.63) is 156 Å². The highest BCUT2D eigenvalue weighted by Crippen LogP contribution is 2.39. The third-order valence-electron chi connectivity index (χ3n) is 6.77. The van der Waals surface area contributed by atoms with Crippen molar-refractivity contribution in [2.24, 2.45) is 0 Å². The Bertz CT molecular complexity index is 1670. The zero-order valence-corrected chi connectivity index (χ0v) is 24.5. The number of hydrogen-bond acceptors (Lipinski definition) is 0. The second-order valence-corrected chi connectivity index (χ2v) is 10.4. The highest BCUT2D eigenvalue weighted by molar-refractivity contribution is 6.25. The molecule has 0 fully saturated rings. The fraction of sp³-hybridized carbons (Fsp3) is 0.150. The molecule has 0 radical (unpaired) electrons. The first kappa shape index (κ1) is 28.6. The quantitative estimate of drug-likeness (QED) is 0.189. The van der Waals surface area contributed by atoms with Crippen molar-refractivity contribution in [2.75, 3.05) is 0 Å². The van der Waals surface area contributed by atoms with Gasteiger partial charge in [-0.05, 0) is 64.2 Å². The van der Waals surface area contributed by atoms with Gasteiger partial charge in [0.15, 0.2) is 0 Å². The van der Waals surface area contributed by atoms with E-state index in [-0.39, 0.29) is 0 Å². The summed E-state index contributed by atoms with van der Waals surface area (Å²) in [5, 5.41) is 8.08. The molecule has 0 saturated heterocycles. The summed E-state index contributed by atoms with van der Waals surface area (Å²) in [5.74, 6) is 0. The molecule has 0 amide bonds. The average molecular weight is 521 g/mol. The van der Waals surface area contributed by atoms with Crippen molar-refractivity contribution >= 4 is 32.3 Å². The molecule has 0 aliphatic rings. The summed E-state index contributed by atoms with van der Waals surface area (Å²) < 4.78 is 0. The lowest BCUT2D eigenvalue weighted by Gasteiger charge is -2.14. The lowest BCUT2D eigenvalue weighted by atomic mass is 9.90. The number of aryl methyl sites for hydroxylation is 3. The van der Waals surface area contributed by atoms with Crippen LogP contribution in [0.3, 0.4) is 0 Å². The third kappa shape index (κ3) is 7.16. The minimum absolute atomic E-state index is 1.25. The van der Waals surface area contributed by atoms with Gasteiger partial charge in [-0.1, -0.05) is 176 Å². The summed E-state index contributed by atoms with van der Waals surface area (Å²) in [7, 11) is 0. The van der Waals surface area contributed by atoms with E-state index in [1.165, 1.54) is 66.6 Å². The van der Waals surface area contributed by atoms with Gasteiger partial charge in [0.1, 0.15) is 0 Å². The first-order valence-corrected chi connectivity index (χ1v) is 14.3. The molecule has 7 rings (SSSR count). The normalized spacial score (nSPS) is 10.2. The summed E-state index contributed by atoms with van der Waals surface area (Å²) in [6.45, 7) is 10.5. The van der Waals surface area contributed by atoms with Crippen LogP contribution in [0.5, 0.6) is 0 Å². The van der Waals surface area contributed by atoms with Crippen molar-refractivity contribution < 1.29 is 0 Å². The van der Waals surface area contributed by atoms with Gasteiger partial charge >= 0.3 is 0 Å². The highest BCUT2D eigenvalue weighted by atomic mass is 14.1. The van der Waals surface area contributed by atoms with Crippen molar-refractivity contribution in [2.45, 2.75) is 41.0 Å². The van der Waals surface area contributed by atoms with Crippen LogP contribution in [0.2, 0.25) is 0 Å². The maximum atomic E-state index is 2.28. The van der Waals surface area contributed by atoms with E-state index in [4.69, 9.17) is 0 Å². The van der Waals surface area contributed by atoms with Gasteiger partial charge in [0.25, 0.3) is 0 Å². The van der Waals surface area contributed by atoms with Gasteiger partial charge in [0.05, 0.1) is 0 Å². The maximum Gasteiger partial charge on any atom is -0.00206 e. The highest BCUT2D eigenvalue weighted by Gasteiger charge is 2.11. The van der Waals surface area contributed by atoms with Crippen LogP contribution in [-0.2, 0) is 0 Å². The van der Waals surface area contributed by atoms with Gasteiger partial charge in [0, 0.05) is 0 Å². The molecule has 0 aromatic heterocycles. The molecule has 0 heterocycles. The average Bonchev–Trinajstić information content (AvgIpc) is 2.98. The van der Waals surface area contributed by atoms with Crippen LogP contribution < -0.4 is 0 Å². The Morgan fingerprint density at radius 1 is 0.375 bits per heavy atom. The molecule has 0 aliphatic heterocycles. The Kier molecular flexibility index (Phi) is 10.1. The van der Waals surface area contributed by atoms with Crippen LogP contribution in [0, 0.1) is 20.8 Å². The summed E-state index contributed by atoms with van der Waals surface area (Å²) in [6.07, 6.45) is 1.25. The summed E-state index contributed by atoms with van der Waals surface area (Å²) in [4.78, 5) is 0. The van der Waals surface area contributed by atoms with Gasteiger partial charge in [-0.25, -0.2) is 0 Å². The van der Waals surface area contributed by atoms with Crippen LogP contribution in [0.25, 0.3) is 43.4 Å². The van der Waals surface area contributed by atoms with Crippen LogP contribution in [0.1, 0.15) is 37.0 Å². The molecule has 7 aromatic rings. The molecule has 0 saturated carbocycles. The molecule has 200 valence electrons. The molecular weight excluding hydrogens is 480 g/mol. The van der Waals surface area contributed by atoms with Crippen LogP contribution in [-0.4, -0.2) is 0 Å². The monoisotopic (exact) mass is 520 g/mol. The van der Waals surface area contributed by atoms with Crippen LogP contribution >= 0.6 is 0 Å². The molecular formula is C40H40. The van der Waals surface area contributed by atoms with E-state index in [9.17, 15) is 0 Å². The third-order valence-corrected chi connectivity index (χ3v) is 6.77. The Hall–Kier alpha value is -4.42. The predicted molar refractivity (Wildman–Crippen MR) is 179 cm³/mol. The molecule has 7 aromatic carbocycles. The lowest BCUT2D eigenvalue weighted by Crippen LogP contribution is -1.87. The SMILES string of the molecule is CCC.Cc1ccc(-c2ccc3ccc4cccc5ccc2c3c45)cc1.Cc1ccccc1.Cc1ccccc1. The Balaban J connectivity index is 0.000000178. The van der Waals surface area contributed by atoms with E-state index in [0.29, 0.717) is 0 Å². The molecule has 0 heteroatoms. The first-order valence-electron chi connectivity index (χ1n) is 14.3. The Morgan fingerprint density at radius 3 is 1.27 bits per heavy atom. The van der Waals surface area contributed by atoms with E-state index in [2.05, 4.69) is 138 Å². The minimum Gasteiger partial charge on any atom is -0.0656 e. The molecule has 0 N–H and O–H groups in total. The fourth-order valence-corrected chi connectivity index (χ4v) is 4.79. The first-order chi connectivity index (χ1) is 19.5. The number of rotatable bonds is 1. The van der Waals surface area contributed by atoms with Gasteiger partial charge in [-0.2, -0.15) is 0 Å². The molecule has 0 spiro atoms. The Morgan fingerprint density at radius 2 is 0.800 bits per heavy atom. The topological polar surface area (TPSA) is 0 Å². The van der Waals surface area contributed by atoms with E-state index in [1.54, 1.807) is 0 Å². The van der Waals surface area contributed by atoms with Crippen LogP contribution in [0.15, 0.2) is 140 Å². The van der Waals surface area contributed by atoms with E-state index in [1.807, 2.05) is 36.4 Å². The van der Waals surface area contributed by atoms with Gasteiger partial charge in [-0.3, -0.25) is 0 Å². The molecule has 0 atom stereocenters. The van der Waals surface area contributed by atoms with Gasteiger partial charge < -0.3 is 0 Å². The standard InChI is InChI=1S/C23H16.2C7H8.C3H8/c1-15-5-7-16(8-6-15)20-13-11-19-10-9-17-3-2-4-18-12-14-21(20)23(19)22(17)18;2*1-7-5-3-2-4-6-7;1-3-2/h2-14H,1H3;2*2-6H,1H3;3H2,1-2H3. The van der Waals surface area contributed by atoms with Crippen molar-refractivity contribution in [3.63, 3.8) is 0 Å². The van der Waals surface area contributed by atoms with Crippen molar-refractivity contribution in [1.29, 1.82) is 0 Å². The summed E-state index contributed by atoms with van der Waals surface area (Å²) in [6, 6.07) is 49.4. The lowest BCUT2D eigenvalue weighted by molar-refractivity contribution is 1.09. The zero-order valence-electron chi connectivity index (χ0n) is 24.5. The fourth-order valence-electron chi connectivity index (χ4n) is 4.79. The van der Waals surface area contributed by atoms with Gasteiger partial charge in [0.2, 0.25) is 0 Å². The molecule has 0 nitrogen and oxygen atoms in total. The van der Waals surface area contributed by atoms with Crippen molar-refractivity contribution in [3.8, 4) is 11.1 Å². The second kappa shape index (κ2) is 14.1. The maximum absolute atomic E-state index is 2.28. The molecule has 0 aliphatic carbocycles. The van der Waals surface area contributed by atoms with Crippen molar-refractivity contribution in [1.82, 2.24) is 0 Å². The van der Waals surface area contributed by atoms with E-state index < -0.39 is 0 Å². The summed E-state index contributed by atoms with van der Waals surface area (Å²) in [5.41, 5.74) is 6.54.